The lowest BCUT2D eigenvalue weighted by Crippen LogP contribution is -2.51. The number of aromatic nitrogens is 1. The van der Waals surface area contributed by atoms with E-state index in [9.17, 15) is 4.79 Å². The van der Waals surface area contributed by atoms with Crippen LogP contribution in [0.2, 0.25) is 0 Å². The molecule has 0 unspecified atom stereocenters. The Kier molecular flexibility index (Phi) is 3.21. The highest BCUT2D eigenvalue weighted by Crippen LogP contribution is 2.17. The first-order valence-corrected chi connectivity index (χ1v) is 6.57. The van der Waals surface area contributed by atoms with Gasteiger partial charge in [-0.1, -0.05) is 6.07 Å². The fourth-order valence-corrected chi connectivity index (χ4v) is 2.19. The zero-order valence-electron chi connectivity index (χ0n) is 10.9. The number of oxazole rings is 1. The number of benzene rings is 1. The van der Waals surface area contributed by atoms with Gasteiger partial charge in [-0.15, -0.1) is 0 Å². The van der Waals surface area contributed by atoms with Crippen LogP contribution in [0, 0.1) is 12.8 Å². The fourth-order valence-electron chi connectivity index (χ4n) is 2.19. The van der Waals surface area contributed by atoms with E-state index >= 15 is 0 Å². The van der Waals surface area contributed by atoms with E-state index < -0.39 is 0 Å². The Hall–Kier alpha value is -1.88. The molecule has 0 aliphatic carbocycles. The molecule has 1 fully saturated rings. The second-order valence-electron chi connectivity index (χ2n) is 4.93. The minimum Gasteiger partial charge on any atom is -0.441 e. The van der Waals surface area contributed by atoms with Gasteiger partial charge < -0.3 is 15.1 Å². The summed E-state index contributed by atoms with van der Waals surface area (Å²) < 4.78 is 5.49. The van der Waals surface area contributed by atoms with Gasteiger partial charge in [0.1, 0.15) is 5.52 Å². The van der Waals surface area contributed by atoms with E-state index in [2.05, 4.69) is 15.6 Å². The lowest BCUT2D eigenvalue weighted by atomic mass is 10.0. The van der Waals surface area contributed by atoms with Gasteiger partial charge >= 0.3 is 0 Å². The van der Waals surface area contributed by atoms with Gasteiger partial charge in [0, 0.05) is 26.6 Å². The standard InChI is InChI=1S/C14H17N3O2/c1-9-17-12-3-2-10(6-13(12)19-9)4-5-16-14(18)11-7-15-8-11/h2-3,6,11,15H,4-5,7-8H2,1H3,(H,16,18). The first-order chi connectivity index (χ1) is 9.22. The second kappa shape index (κ2) is 5.01. The second-order valence-corrected chi connectivity index (χ2v) is 4.93. The van der Waals surface area contributed by atoms with Crippen LogP contribution in [0.15, 0.2) is 22.6 Å². The van der Waals surface area contributed by atoms with Gasteiger partial charge in [0.25, 0.3) is 0 Å². The number of nitrogens with zero attached hydrogens (tertiary/aromatic N) is 1. The van der Waals surface area contributed by atoms with E-state index in [4.69, 9.17) is 4.42 Å². The molecule has 19 heavy (non-hydrogen) atoms. The van der Waals surface area contributed by atoms with Crippen LogP contribution in [0.4, 0.5) is 0 Å². The van der Waals surface area contributed by atoms with Crippen LogP contribution in [0.3, 0.4) is 0 Å². The van der Waals surface area contributed by atoms with Crippen LogP contribution >= 0.6 is 0 Å². The average molecular weight is 259 g/mol. The molecule has 0 radical (unpaired) electrons. The summed E-state index contributed by atoms with van der Waals surface area (Å²) in [6.45, 7) is 4.10. The molecule has 1 aromatic heterocycles. The predicted octanol–water partition coefficient (Wildman–Crippen LogP) is 1.01. The highest BCUT2D eigenvalue weighted by Gasteiger charge is 2.24. The van der Waals surface area contributed by atoms with Crippen LogP contribution < -0.4 is 10.6 Å². The molecule has 0 atom stereocenters. The summed E-state index contributed by atoms with van der Waals surface area (Å²) in [6.07, 6.45) is 0.807. The smallest absolute Gasteiger partial charge is 0.225 e. The number of amides is 1. The monoisotopic (exact) mass is 259 g/mol. The Morgan fingerprint density at radius 1 is 1.53 bits per heavy atom. The Balaban J connectivity index is 1.57. The Morgan fingerprint density at radius 3 is 3.11 bits per heavy atom. The first kappa shape index (κ1) is 12.2. The van der Waals surface area contributed by atoms with Gasteiger partial charge in [-0.05, 0) is 24.1 Å². The number of carbonyl (C=O) groups is 1. The van der Waals surface area contributed by atoms with Crippen LogP contribution in [0.1, 0.15) is 11.5 Å². The highest BCUT2D eigenvalue weighted by molar-refractivity contribution is 5.80. The van der Waals surface area contributed by atoms with E-state index in [0.29, 0.717) is 12.4 Å². The van der Waals surface area contributed by atoms with E-state index in [0.717, 1.165) is 36.2 Å². The molecular weight excluding hydrogens is 242 g/mol. The minimum atomic E-state index is 0.148. The van der Waals surface area contributed by atoms with Crippen molar-refractivity contribution in [1.29, 1.82) is 0 Å². The van der Waals surface area contributed by atoms with E-state index in [1.54, 1.807) is 0 Å². The lowest BCUT2D eigenvalue weighted by Gasteiger charge is -2.25. The van der Waals surface area contributed by atoms with E-state index in [1.165, 1.54) is 0 Å². The summed E-state index contributed by atoms with van der Waals surface area (Å²) >= 11 is 0. The molecule has 100 valence electrons. The van der Waals surface area contributed by atoms with Crippen molar-refractivity contribution >= 4 is 17.0 Å². The van der Waals surface area contributed by atoms with Crippen molar-refractivity contribution in [2.45, 2.75) is 13.3 Å². The summed E-state index contributed by atoms with van der Waals surface area (Å²) in [5.41, 5.74) is 2.84. The van der Waals surface area contributed by atoms with Gasteiger partial charge in [0.15, 0.2) is 11.5 Å². The largest absolute Gasteiger partial charge is 0.441 e. The quantitative estimate of drug-likeness (QED) is 0.860. The lowest BCUT2D eigenvalue weighted by molar-refractivity contribution is -0.126. The Bertz CT molecular complexity index is 602. The van der Waals surface area contributed by atoms with Crippen molar-refractivity contribution in [3.63, 3.8) is 0 Å². The number of hydrogen-bond acceptors (Lipinski definition) is 4. The molecule has 1 aliphatic heterocycles. The van der Waals surface area contributed by atoms with Crippen molar-refractivity contribution in [2.24, 2.45) is 5.92 Å². The molecular formula is C14H17N3O2. The number of fused-ring (bicyclic) bond motifs is 1. The number of aryl methyl sites for hydroxylation is 1. The van der Waals surface area contributed by atoms with Gasteiger partial charge in [-0.2, -0.15) is 0 Å². The molecule has 0 saturated carbocycles. The number of carbonyl (C=O) groups excluding carboxylic acids is 1. The van der Waals surface area contributed by atoms with Crippen molar-refractivity contribution < 1.29 is 9.21 Å². The maximum absolute atomic E-state index is 11.7. The third kappa shape index (κ3) is 2.61. The van der Waals surface area contributed by atoms with Crippen LogP contribution in [-0.4, -0.2) is 30.5 Å². The predicted molar refractivity (Wildman–Crippen MR) is 71.8 cm³/mol. The molecule has 1 amide bonds. The minimum absolute atomic E-state index is 0.148. The van der Waals surface area contributed by atoms with E-state index in [-0.39, 0.29) is 11.8 Å². The summed E-state index contributed by atoms with van der Waals surface area (Å²) in [5.74, 6) is 0.979. The molecule has 3 rings (SSSR count). The van der Waals surface area contributed by atoms with Crippen LogP contribution in [0.25, 0.3) is 11.1 Å². The van der Waals surface area contributed by atoms with E-state index in [1.807, 2.05) is 25.1 Å². The zero-order chi connectivity index (χ0) is 13.2. The SMILES string of the molecule is Cc1nc2ccc(CCNC(=O)C3CNC3)cc2o1. The summed E-state index contributed by atoms with van der Waals surface area (Å²) in [4.78, 5) is 15.9. The van der Waals surface area contributed by atoms with Gasteiger partial charge in [-0.3, -0.25) is 4.79 Å². The average Bonchev–Trinajstić information content (AvgIpc) is 2.66. The molecule has 1 saturated heterocycles. The number of hydrogen-bond donors (Lipinski definition) is 2. The van der Waals surface area contributed by atoms with Crippen LogP contribution in [-0.2, 0) is 11.2 Å². The summed E-state index contributed by atoms with van der Waals surface area (Å²) in [7, 11) is 0. The fraction of sp³-hybridized carbons (Fsp3) is 0.429. The molecule has 1 aliphatic rings. The molecule has 2 aromatic rings. The molecule has 0 spiro atoms. The van der Waals surface area contributed by atoms with Gasteiger partial charge in [0.2, 0.25) is 5.91 Å². The normalized spacial score (nSPS) is 15.4. The van der Waals surface area contributed by atoms with Crippen molar-refractivity contribution in [3.05, 3.63) is 29.7 Å². The third-order valence-electron chi connectivity index (χ3n) is 3.42. The van der Waals surface area contributed by atoms with Crippen LogP contribution in [0.5, 0.6) is 0 Å². The Labute approximate surface area is 111 Å². The molecule has 5 heteroatoms. The third-order valence-corrected chi connectivity index (χ3v) is 3.42. The van der Waals surface area contributed by atoms with Gasteiger partial charge in [-0.25, -0.2) is 4.98 Å². The molecule has 0 bridgehead atoms. The number of rotatable bonds is 4. The maximum atomic E-state index is 11.7. The van der Waals surface area contributed by atoms with Gasteiger partial charge in [0.05, 0.1) is 5.92 Å². The summed E-state index contributed by atoms with van der Waals surface area (Å²) in [5, 5.41) is 6.05. The van der Waals surface area contributed by atoms with Crippen molar-refractivity contribution in [1.82, 2.24) is 15.6 Å². The zero-order valence-corrected chi connectivity index (χ0v) is 10.9. The molecule has 5 nitrogen and oxygen atoms in total. The molecule has 1 aromatic carbocycles. The number of nitrogens with one attached hydrogen (secondary N) is 2. The maximum Gasteiger partial charge on any atom is 0.225 e. The molecule has 2 N–H and O–H groups in total. The molecule has 2 heterocycles. The highest BCUT2D eigenvalue weighted by atomic mass is 16.3. The van der Waals surface area contributed by atoms with Crippen molar-refractivity contribution in [3.8, 4) is 0 Å². The Morgan fingerprint density at radius 2 is 2.37 bits per heavy atom. The van der Waals surface area contributed by atoms with Crippen molar-refractivity contribution in [2.75, 3.05) is 19.6 Å². The summed E-state index contributed by atoms with van der Waals surface area (Å²) in [6, 6.07) is 5.98. The topological polar surface area (TPSA) is 67.2 Å². The first-order valence-electron chi connectivity index (χ1n) is 6.57.